The number of benzene rings is 2. The third kappa shape index (κ3) is 3.01. The Morgan fingerprint density at radius 3 is 2.33 bits per heavy atom. The van der Waals surface area contributed by atoms with Gasteiger partial charge in [-0.15, -0.1) is 0 Å². The quantitative estimate of drug-likeness (QED) is 0.755. The lowest BCUT2D eigenvalue weighted by Crippen LogP contribution is -2.47. The van der Waals surface area contributed by atoms with Crippen LogP contribution in [-0.2, 0) is 15.1 Å². The molecule has 0 spiro atoms. The van der Waals surface area contributed by atoms with Crippen molar-refractivity contribution in [2.75, 3.05) is 19.6 Å². The first-order chi connectivity index (χ1) is 14.3. The zero-order valence-corrected chi connectivity index (χ0v) is 16.8. The Hall–Kier alpha value is -3.68. The van der Waals surface area contributed by atoms with Crippen LogP contribution in [0.5, 0.6) is 0 Å². The molecule has 0 unspecified atom stereocenters. The Balaban J connectivity index is 1.75. The van der Waals surface area contributed by atoms with Gasteiger partial charge in [-0.1, -0.05) is 48.5 Å². The van der Waals surface area contributed by atoms with Crippen LogP contribution in [0.15, 0.2) is 48.5 Å². The molecule has 2 heterocycles. The highest BCUT2D eigenvalue weighted by Crippen LogP contribution is 2.36. The normalized spacial score (nSPS) is 21.1. The molecule has 1 atom stereocenters. The summed E-state index contributed by atoms with van der Waals surface area (Å²) >= 11 is 0. The van der Waals surface area contributed by atoms with Gasteiger partial charge in [0.05, 0.1) is 0 Å². The SMILES string of the molecule is Cc1ccc([C@@]2(c3ccccc3)NC(=O)N(CC(=O)N3CCNC3=O)C2=O)cc1C. The fourth-order valence-corrected chi connectivity index (χ4v) is 3.87. The van der Waals surface area contributed by atoms with E-state index in [1.807, 2.05) is 38.1 Å². The van der Waals surface area contributed by atoms with Crippen molar-refractivity contribution in [3.05, 3.63) is 70.8 Å². The van der Waals surface area contributed by atoms with E-state index < -0.39 is 36.0 Å². The number of nitrogens with zero attached hydrogens (tertiary/aromatic N) is 2. The first-order valence-corrected chi connectivity index (χ1v) is 9.70. The van der Waals surface area contributed by atoms with Crippen LogP contribution in [0.1, 0.15) is 22.3 Å². The van der Waals surface area contributed by atoms with Crippen molar-refractivity contribution in [2.45, 2.75) is 19.4 Å². The second kappa shape index (κ2) is 7.29. The molecule has 2 saturated heterocycles. The van der Waals surface area contributed by atoms with E-state index in [0.29, 0.717) is 17.7 Å². The number of rotatable bonds is 4. The van der Waals surface area contributed by atoms with Gasteiger partial charge in [-0.25, -0.2) is 9.59 Å². The Bertz CT molecular complexity index is 1050. The Morgan fingerprint density at radius 1 is 0.967 bits per heavy atom. The van der Waals surface area contributed by atoms with E-state index in [-0.39, 0.29) is 6.54 Å². The van der Waals surface area contributed by atoms with Crippen LogP contribution in [0, 0.1) is 13.8 Å². The van der Waals surface area contributed by atoms with Crippen molar-refractivity contribution in [3.8, 4) is 0 Å². The van der Waals surface area contributed by atoms with Crippen LogP contribution in [0.2, 0.25) is 0 Å². The van der Waals surface area contributed by atoms with Crippen molar-refractivity contribution in [1.82, 2.24) is 20.4 Å². The molecule has 30 heavy (non-hydrogen) atoms. The summed E-state index contributed by atoms with van der Waals surface area (Å²) in [6.45, 7) is 3.96. The zero-order valence-electron chi connectivity index (χ0n) is 16.8. The maximum atomic E-state index is 13.6. The van der Waals surface area contributed by atoms with Crippen molar-refractivity contribution in [1.29, 1.82) is 0 Å². The molecule has 0 aromatic heterocycles. The van der Waals surface area contributed by atoms with Gasteiger partial charge in [0.1, 0.15) is 6.54 Å². The number of carbonyl (C=O) groups is 4. The van der Waals surface area contributed by atoms with Gasteiger partial charge < -0.3 is 10.6 Å². The molecule has 4 rings (SSSR count). The number of urea groups is 2. The Kier molecular flexibility index (Phi) is 4.77. The summed E-state index contributed by atoms with van der Waals surface area (Å²) in [6, 6.07) is 13.3. The minimum atomic E-state index is -1.44. The summed E-state index contributed by atoms with van der Waals surface area (Å²) in [6.07, 6.45) is 0. The smallest absolute Gasteiger partial charge is 0.326 e. The lowest BCUT2D eigenvalue weighted by Gasteiger charge is -2.28. The van der Waals surface area contributed by atoms with Gasteiger partial charge in [-0.2, -0.15) is 0 Å². The van der Waals surface area contributed by atoms with E-state index in [1.54, 1.807) is 24.3 Å². The fourth-order valence-electron chi connectivity index (χ4n) is 3.87. The number of hydrogen-bond donors (Lipinski definition) is 2. The van der Waals surface area contributed by atoms with Crippen LogP contribution in [0.4, 0.5) is 9.59 Å². The molecular weight excluding hydrogens is 384 g/mol. The Labute approximate surface area is 173 Å². The lowest BCUT2D eigenvalue weighted by molar-refractivity contribution is -0.136. The summed E-state index contributed by atoms with van der Waals surface area (Å²) in [5.41, 5.74) is 1.81. The van der Waals surface area contributed by atoms with Crippen molar-refractivity contribution >= 4 is 23.9 Å². The number of hydrogen-bond acceptors (Lipinski definition) is 4. The highest BCUT2D eigenvalue weighted by molar-refractivity contribution is 6.12. The van der Waals surface area contributed by atoms with Crippen LogP contribution in [-0.4, -0.2) is 53.3 Å². The summed E-state index contributed by atoms with van der Waals surface area (Å²) in [7, 11) is 0. The summed E-state index contributed by atoms with van der Waals surface area (Å²) in [4.78, 5) is 52.7. The molecule has 2 N–H and O–H groups in total. The second-order valence-electron chi connectivity index (χ2n) is 7.51. The van der Waals surface area contributed by atoms with Gasteiger partial charge in [0.2, 0.25) is 0 Å². The van der Waals surface area contributed by atoms with E-state index in [9.17, 15) is 19.2 Å². The van der Waals surface area contributed by atoms with Crippen molar-refractivity contribution in [2.24, 2.45) is 0 Å². The maximum Gasteiger partial charge on any atom is 0.326 e. The molecule has 0 saturated carbocycles. The highest BCUT2D eigenvalue weighted by Gasteiger charge is 2.54. The average molecular weight is 406 g/mol. The number of carbonyl (C=O) groups excluding carboxylic acids is 4. The first kappa shape index (κ1) is 19.6. The molecule has 0 radical (unpaired) electrons. The second-order valence-corrected chi connectivity index (χ2v) is 7.51. The van der Waals surface area contributed by atoms with Crippen LogP contribution < -0.4 is 10.6 Å². The largest absolute Gasteiger partial charge is 0.336 e. The first-order valence-electron chi connectivity index (χ1n) is 9.70. The van der Waals surface area contributed by atoms with Gasteiger partial charge in [0.15, 0.2) is 5.54 Å². The van der Waals surface area contributed by atoms with Crippen LogP contribution in [0.3, 0.4) is 0 Å². The van der Waals surface area contributed by atoms with Crippen LogP contribution >= 0.6 is 0 Å². The van der Waals surface area contributed by atoms with Gasteiger partial charge in [-0.05, 0) is 36.1 Å². The van der Waals surface area contributed by atoms with Gasteiger partial charge in [0.25, 0.3) is 11.8 Å². The van der Waals surface area contributed by atoms with Crippen molar-refractivity contribution in [3.63, 3.8) is 0 Å². The highest BCUT2D eigenvalue weighted by atomic mass is 16.2. The van der Waals surface area contributed by atoms with Crippen LogP contribution in [0.25, 0.3) is 0 Å². The topological polar surface area (TPSA) is 98.8 Å². The molecule has 6 amide bonds. The molecule has 2 aromatic rings. The van der Waals surface area contributed by atoms with E-state index >= 15 is 0 Å². The molecule has 154 valence electrons. The minimum Gasteiger partial charge on any atom is -0.336 e. The monoisotopic (exact) mass is 406 g/mol. The Morgan fingerprint density at radius 2 is 1.70 bits per heavy atom. The third-order valence-corrected chi connectivity index (χ3v) is 5.70. The molecule has 2 aromatic carbocycles. The lowest BCUT2D eigenvalue weighted by atomic mass is 9.81. The molecule has 2 fully saturated rings. The summed E-state index contributed by atoms with van der Waals surface area (Å²) in [5.74, 6) is -1.15. The molecule has 2 aliphatic rings. The van der Waals surface area contributed by atoms with Crippen molar-refractivity contribution < 1.29 is 19.2 Å². The predicted molar refractivity (Wildman–Crippen MR) is 108 cm³/mol. The van der Waals surface area contributed by atoms with Gasteiger partial charge >= 0.3 is 12.1 Å². The molecule has 8 heteroatoms. The van der Waals surface area contributed by atoms with E-state index in [0.717, 1.165) is 20.9 Å². The number of aryl methyl sites for hydroxylation is 2. The van der Waals surface area contributed by atoms with Gasteiger partial charge in [0, 0.05) is 13.1 Å². The number of imide groups is 2. The van der Waals surface area contributed by atoms with E-state index in [1.165, 1.54) is 0 Å². The molecule has 0 bridgehead atoms. The standard InChI is InChI=1S/C22H22N4O4/c1-14-8-9-17(12-15(14)2)22(16-6-4-3-5-7-16)19(28)26(21(30)24-22)13-18(27)25-11-10-23-20(25)29/h3-9,12H,10-11,13H2,1-2H3,(H,23,29)(H,24,30)/t22-/m1/s1. The van der Waals surface area contributed by atoms with Gasteiger partial charge in [-0.3, -0.25) is 19.4 Å². The number of amides is 6. The third-order valence-electron chi connectivity index (χ3n) is 5.70. The summed E-state index contributed by atoms with van der Waals surface area (Å²) < 4.78 is 0. The molecule has 2 aliphatic heterocycles. The van der Waals surface area contributed by atoms with E-state index in [2.05, 4.69) is 10.6 Å². The minimum absolute atomic E-state index is 0.211. The zero-order chi connectivity index (χ0) is 21.5. The predicted octanol–water partition coefficient (Wildman–Crippen LogP) is 1.65. The maximum absolute atomic E-state index is 13.6. The van der Waals surface area contributed by atoms with E-state index in [4.69, 9.17) is 0 Å². The average Bonchev–Trinajstić information content (AvgIpc) is 3.27. The molecule has 8 nitrogen and oxygen atoms in total. The fraction of sp³-hybridized carbons (Fsp3) is 0.273. The number of nitrogens with one attached hydrogen (secondary N) is 2. The molecular formula is C22H22N4O4. The summed E-state index contributed by atoms with van der Waals surface area (Å²) in [5, 5.41) is 5.36. The molecule has 0 aliphatic carbocycles.